The minimum absolute atomic E-state index is 0.0688. The summed E-state index contributed by atoms with van der Waals surface area (Å²) in [7, 11) is 0. The van der Waals surface area contributed by atoms with E-state index in [2.05, 4.69) is 15.6 Å². The minimum Gasteiger partial charge on any atom is -0.339 e. The topological polar surface area (TPSA) is 67.4 Å². The van der Waals surface area contributed by atoms with Crippen LogP contribution in [0.1, 0.15) is 25.7 Å². The molecule has 78 valence electrons. The first-order valence-corrected chi connectivity index (χ1v) is 5.01. The smallest absolute Gasteiger partial charge is 0.339 e. The van der Waals surface area contributed by atoms with E-state index in [1.54, 1.807) is 0 Å². The van der Waals surface area contributed by atoms with E-state index in [1.165, 1.54) is 0 Å². The van der Waals surface area contributed by atoms with Crippen LogP contribution in [0.25, 0.3) is 0 Å². The molecule has 0 bridgehead atoms. The Labute approximate surface area is 82.1 Å². The molecule has 2 aliphatic rings. The predicted molar refractivity (Wildman–Crippen MR) is 48.0 cm³/mol. The molecule has 5 heteroatoms. The molecule has 2 fully saturated rings. The maximum atomic E-state index is 11.3. The molecule has 5 nitrogen and oxygen atoms in total. The molecule has 1 atom stereocenters. The van der Waals surface area contributed by atoms with Crippen LogP contribution in [0.15, 0.2) is 0 Å². The first kappa shape index (κ1) is 9.45. The summed E-state index contributed by atoms with van der Waals surface area (Å²) >= 11 is 0. The van der Waals surface area contributed by atoms with Crippen LogP contribution in [0.3, 0.4) is 0 Å². The van der Waals surface area contributed by atoms with Crippen LogP contribution in [-0.2, 0) is 14.4 Å². The number of nitrogens with one attached hydrogen (secondary N) is 2. The number of hydroxylamine groups is 1. The summed E-state index contributed by atoms with van der Waals surface area (Å²) in [5.41, 5.74) is 2.19. The summed E-state index contributed by atoms with van der Waals surface area (Å²) in [6, 6.07) is -0.241. The Kier molecular flexibility index (Phi) is 2.67. The number of carbonyl (C=O) groups excluding carboxylic acids is 2. The van der Waals surface area contributed by atoms with Gasteiger partial charge in [0.15, 0.2) is 0 Å². The lowest BCUT2D eigenvalue weighted by Gasteiger charge is -2.09. The standard InChI is InChI=1S/C9H14N2O3/c12-8(6-3-4-6)11-14-9(13)7-2-1-5-10-7/h6-7,10H,1-5H2,(H,11,12). The second-order valence-corrected chi connectivity index (χ2v) is 3.81. The van der Waals surface area contributed by atoms with Gasteiger partial charge in [-0.15, -0.1) is 0 Å². The zero-order valence-corrected chi connectivity index (χ0v) is 7.91. The van der Waals surface area contributed by atoms with Gasteiger partial charge in [-0.1, -0.05) is 0 Å². The Morgan fingerprint density at radius 3 is 2.64 bits per heavy atom. The molecule has 1 aliphatic heterocycles. The summed E-state index contributed by atoms with van der Waals surface area (Å²) in [5.74, 6) is -0.479. The molecular formula is C9H14N2O3. The van der Waals surface area contributed by atoms with Crippen LogP contribution in [0.5, 0.6) is 0 Å². The van der Waals surface area contributed by atoms with Crippen molar-refractivity contribution in [2.45, 2.75) is 31.7 Å². The number of rotatable bonds is 2. The van der Waals surface area contributed by atoms with Crippen LogP contribution < -0.4 is 10.8 Å². The van der Waals surface area contributed by atoms with Gasteiger partial charge in [-0.2, -0.15) is 5.48 Å². The first-order chi connectivity index (χ1) is 6.77. The lowest BCUT2D eigenvalue weighted by molar-refractivity contribution is -0.160. The van der Waals surface area contributed by atoms with Gasteiger partial charge < -0.3 is 10.2 Å². The Morgan fingerprint density at radius 1 is 1.29 bits per heavy atom. The van der Waals surface area contributed by atoms with Crippen LogP contribution >= 0.6 is 0 Å². The van der Waals surface area contributed by atoms with Crippen molar-refractivity contribution < 1.29 is 14.4 Å². The first-order valence-electron chi connectivity index (χ1n) is 5.01. The Balaban J connectivity index is 1.68. The predicted octanol–water partition coefficient (Wildman–Crippen LogP) is -0.277. The molecule has 0 aromatic heterocycles. The maximum Gasteiger partial charge on any atom is 0.348 e. The molecule has 0 radical (unpaired) electrons. The van der Waals surface area contributed by atoms with E-state index in [0.717, 1.165) is 32.2 Å². The fourth-order valence-corrected chi connectivity index (χ4v) is 1.49. The average Bonchev–Trinajstić information content (AvgIpc) is 2.90. The Morgan fingerprint density at radius 2 is 2.07 bits per heavy atom. The number of carbonyl (C=O) groups is 2. The van der Waals surface area contributed by atoms with Gasteiger partial charge in [0.2, 0.25) is 0 Å². The van der Waals surface area contributed by atoms with Gasteiger partial charge in [-0.05, 0) is 32.2 Å². The molecule has 1 amide bonds. The van der Waals surface area contributed by atoms with Gasteiger partial charge in [0.1, 0.15) is 6.04 Å². The van der Waals surface area contributed by atoms with Crippen LogP contribution in [0.4, 0.5) is 0 Å². The molecule has 0 aromatic rings. The average molecular weight is 198 g/mol. The van der Waals surface area contributed by atoms with Crippen molar-refractivity contribution in [1.82, 2.24) is 10.8 Å². The van der Waals surface area contributed by atoms with Crippen molar-refractivity contribution in [2.75, 3.05) is 6.54 Å². The minimum atomic E-state index is -0.378. The highest BCUT2D eigenvalue weighted by molar-refractivity contribution is 5.83. The van der Waals surface area contributed by atoms with Crippen LogP contribution in [0.2, 0.25) is 0 Å². The second kappa shape index (κ2) is 3.96. The highest BCUT2D eigenvalue weighted by Gasteiger charge is 2.31. The summed E-state index contributed by atoms with van der Waals surface area (Å²) < 4.78 is 0. The van der Waals surface area contributed by atoms with Gasteiger partial charge in [0.25, 0.3) is 5.91 Å². The third-order valence-electron chi connectivity index (χ3n) is 2.55. The van der Waals surface area contributed by atoms with Gasteiger partial charge in [-0.25, -0.2) is 4.79 Å². The van der Waals surface area contributed by atoms with E-state index < -0.39 is 0 Å². The number of amides is 1. The summed E-state index contributed by atoms with van der Waals surface area (Å²) in [5, 5.41) is 3.00. The van der Waals surface area contributed by atoms with Gasteiger partial charge >= 0.3 is 5.97 Å². The van der Waals surface area contributed by atoms with Crippen molar-refractivity contribution in [2.24, 2.45) is 5.92 Å². The van der Waals surface area contributed by atoms with E-state index >= 15 is 0 Å². The van der Waals surface area contributed by atoms with E-state index in [1.807, 2.05) is 0 Å². The second-order valence-electron chi connectivity index (χ2n) is 3.81. The van der Waals surface area contributed by atoms with E-state index in [-0.39, 0.29) is 23.8 Å². The van der Waals surface area contributed by atoms with Gasteiger partial charge in [0, 0.05) is 5.92 Å². The molecule has 2 N–H and O–H groups in total. The molecule has 1 aliphatic carbocycles. The van der Waals surface area contributed by atoms with Crippen molar-refractivity contribution in [3.63, 3.8) is 0 Å². The Hall–Kier alpha value is -1.10. The third kappa shape index (κ3) is 2.23. The molecule has 1 unspecified atom stereocenters. The van der Waals surface area contributed by atoms with Crippen LogP contribution in [-0.4, -0.2) is 24.5 Å². The number of hydrogen-bond donors (Lipinski definition) is 2. The van der Waals surface area contributed by atoms with Crippen LogP contribution in [0, 0.1) is 5.92 Å². The SMILES string of the molecule is O=C(NOC(=O)C1CCCN1)C1CC1. The van der Waals surface area contributed by atoms with Crippen molar-refractivity contribution in [3.8, 4) is 0 Å². The maximum absolute atomic E-state index is 11.3. The fourth-order valence-electron chi connectivity index (χ4n) is 1.49. The monoisotopic (exact) mass is 198 g/mol. The highest BCUT2D eigenvalue weighted by atomic mass is 16.7. The van der Waals surface area contributed by atoms with Crippen molar-refractivity contribution in [3.05, 3.63) is 0 Å². The lowest BCUT2D eigenvalue weighted by Crippen LogP contribution is -2.38. The molecule has 14 heavy (non-hydrogen) atoms. The largest absolute Gasteiger partial charge is 0.348 e. The zero-order chi connectivity index (χ0) is 9.97. The van der Waals surface area contributed by atoms with Gasteiger partial charge in [0.05, 0.1) is 0 Å². The third-order valence-corrected chi connectivity index (χ3v) is 2.55. The molecule has 1 heterocycles. The summed E-state index contributed by atoms with van der Waals surface area (Å²) in [6.07, 6.45) is 3.59. The Bertz CT molecular complexity index is 244. The molecule has 0 spiro atoms. The quantitative estimate of drug-likeness (QED) is 0.599. The summed E-state index contributed by atoms with van der Waals surface area (Å²) in [4.78, 5) is 27.1. The molecule has 0 aromatic carbocycles. The number of hydrogen-bond acceptors (Lipinski definition) is 4. The van der Waals surface area contributed by atoms with E-state index in [4.69, 9.17) is 0 Å². The van der Waals surface area contributed by atoms with E-state index in [9.17, 15) is 9.59 Å². The zero-order valence-electron chi connectivity index (χ0n) is 7.91. The molecule has 1 saturated carbocycles. The lowest BCUT2D eigenvalue weighted by atomic mass is 10.2. The highest BCUT2D eigenvalue weighted by Crippen LogP contribution is 2.28. The van der Waals surface area contributed by atoms with Gasteiger partial charge in [-0.3, -0.25) is 4.79 Å². The van der Waals surface area contributed by atoms with Crippen molar-refractivity contribution in [1.29, 1.82) is 0 Å². The summed E-state index contributed by atoms with van der Waals surface area (Å²) in [6.45, 7) is 0.844. The molecular weight excluding hydrogens is 184 g/mol. The fraction of sp³-hybridized carbons (Fsp3) is 0.778. The molecule has 1 saturated heterocycles. The van der Waals surface area contributed by atoms with E-state index in [0.29, 0.717) is 0 Å². The van der Waals surface area contributed by atoms with Crippen molar-refractivity contribution >= 4 is 11.9 Å². The normalized spacial score (nSPS) is 25.9. The molecule has 2 rings (SSSR count).